The molecule has 0 aliphatic rings. The SMILES string of the molecule is N#Cc1cc2ccc(-c3ccc(-c4nc(-c5cccnc5)nc(-c5cccnc5)n4)cc3)cc2cc1-c1ccc(-c2nc(-c3cccnc3)nc(-c3cccnc3)n2)cc1. The fraction of sp³-hybridized carbons (Fsp3) is 0. The molecule has 11 heteroatoms. The minimum atomic E-state index is 0.512. The summed E-state index contributed by atoms with van der Waals surface area (Å²) in [6.07, 6.45) is 13.8. The van der Waals surface area contributed by atoms with E-state index in [0.29, 0.717) is 40.5 Å². The molecule has 0 fully saturated rings. The third-order valence-electron chi connectivity index (χ3n) is 9.98. The maximum absolute atomic E-state index is 10.3. The van der Waals surface area contributed by atoms with E-state index in [2.05, 4.69) is 62.4 Å². The lowest BCUT2D eigenvalue weighted by molar-refractivity contribution is 1.07. The van der Waals surface area contributed by atoms with Crippen molar-refractivity contribution in [3.05, 3.63) is 183 Å². The van der Waals surface area contributed by atoms with E-state index in [1.807, 2.05) is 91.0 Å². The van der Waals surface area contributed by atoms with Crippen molar-refractivity contribution >= 4 is 10.8 Å². The maximum Gasteiger partial charge on any atom is 0.165 e. The van der Waals surface area contributed by atoms with Crippen LogP contribution in [0.25, 0.3) is 101 Å². The molecule has 60 heavy (non-hydrogen) atoms. The number of aromatic nitrogens is 10. The molecule has 280 valence electrons. The maximum atomic E-state index is 10.3. The molecule has 10 aromatic rings. The van der Waals surface area contributed by atoms with Crippen molar-refractivity contribution in [3.63, 3.8) is 0 Å². The minimum Gasteiger partial charge on any atom is -0.264 e. The quantitative estimate of drug-likeness (QED) is 0.145. The Bertz CT molecular complexity index is 3060. The van der Waals surface area contributed by atoms with E-state index in [9.17, 15) is 5.26 Å². The highest BCUT2D eigenvalue weighted by molar-refractivity contribution is 5.93. The molecule has 6 heterocycles. The number of nitrogens with zero attached hydrogens (tertiary/aromatic N) is 11. The van der Waals surface area contributed by atoms with Crippen LogP contribution < -0.4 is 0 Å². The van der Waals surface area contributed by atoms with Crippen molar-refractivity contribution in [2.24, 2.45) is 0 Å². The number of rotatable bonds is 8. The van der Waals surface area contributed by atoms with Crippen LogP contribution in [0.2, 0.25) is 0 Å². The van der Waals surface area contributed by atoms with Gasteiger partial charge in [-0.3, -0.25) is 19.9 Å². The number of hydrogen-bond acceptors (Lipinski definition) is 11. The number of hydrogen-bond donors (Lipinski definition) is 0. The van der Waals surface area contributed by atoms with Gasteiger partial charge in [-0.1, -0.05) is 60.7 Å². The van der Waals surface area contributed by atoms with E-state index >= 15 is 0 Å². The zero-order valence-electron chi connectivity index (χ0n) is 31.7. The molecule has 0 amide bonds. The van der Waals surface area contributed by atoms with Gasteiger partial charge in [-0.05, 0) is 94.2 Å². The van der Waals surface area contributed by atoms with Crippen LogP contribution in [-0.2, 0) is 0 Å². The molecule has 6 aromatic heterocycles. The Morgan fingerprint density at radius 3 is 1.07 bits per heavy atom. The average molecular weight is 772 g/mol. The predicted octanol–water partition coefficient (Wildman–Crippen LogP) is 10.00. The summed E-state index contributed by atoms with van der Waals surface area (Å²) in [5.41, 5.74) is 9.17. The highest BCUT2D eigenvalue weighted by Gasteiger charge is 2.16. The summed E-state index contributed by atoms with van der Waals surface area (Å²) in [6.45, 7) is 0. The Labute approximate surface area is 344 Å². The fourth-order valence-electron chi connectivity index (χ4n) is 6.93. The monoisotopic (exact) mass is 771 g/mol. The van der Waals surface area contributed by atoms with Crippen molar-refractivity contribution in [2.45, 2.75) is 0 Å². The molecular weight excluding hydrogens is 743 g/mol. The Morgan fingerprint density at radius 1 is 0.317 bits per heavy atom. The molecule has 0 atom stereocenters. The predicted molar refractivity (Wildman–Crippen MR) is 230 cm³/mol. The van der Waals surface area contributed by atoms with Crippen LogP contribution in [0.15, 0.2) is 177 Å². The Kier molecular flexibility index (Phi) is 9.30. The van der Waals surface area contributed by atoms with Crippen molar-refractivity contribution in [1.29, 1.82) is 5.26 Å². The highest BCUT2D eigenvalue weighted by atomic mass is 15.0. The summed E-state index contributed by atoms with van der Waals surface area (Å²) in [5, 5.41) is 12.2. The largest absolute Gasteiger partial charge is 0.264 e. The molecular formula is C49H29N11. The van der Waals surface area contributed by atoms with Gasteiger partial charge in [0.2, 0.25) is 0 Å². The Balaban J connectivity index is 0.970. The van der Waals surface area contributed by atoms with E-state index in [4.69, 9.17) is 29.9 Å². The van der Waals surface area contributed by atoms with E-state index < -0.39 is 0 Å². The fourth-order valence-corrected chi connectivity index (χ4v) is 6.93. The molecule has 0 saturated heterocycles. The van der Waals surface area contributed by atoms with Crippen LogP contribution >= 0.6 is 0 Å². The van der Waals surface area contributed by atoms with E-state index in [1.165, 1.54) is 0 Å². The lowest BCUT2D eigenvalue weighted by Crippen LogP contribution is -2.00. The third kappa shape index (κ3) is 7.19. The molecule has 0 radical (unpaired) electrons. The molecule has 4 aromatic carbocycles. The van der Waals surface area contributed by atoms with Crippen molar-refractivity contribution in [3.8, 4) is 96.7 Å². The first kappa shape index (κ1) is 35.6. The summed E-state index contributed by atoms with van der Waals surface area (Å²) in [7, 11) is 0. The third-order valence-corrected chi connectivity index (χ3v) is 9.98. The number of pyridine rings is 4. The summed E-state index contributed by atoms with van der Waals surface area (Å²) in [4.78, 5) is 45.8. The zero-order chi connectivity index (χ0) is 40.3. The van der Waals surface area contributed by atoms with Gasteiger partial charge in [0.15, 0.2) is 34.9 Å². The van der Waals surface area contributed by atoms with Crippen molar-refractivity contribution in [2.75, 3.05) is 0 Å². The zero-order valence-corrected chi connectivity index (χ0v) is 31.7. The topological polar surface area (TPSA) is 153 Å². The van der Waals surface area contributed by atoms with Crippen LogP contribution in [0.3, 0.4) is 0 Å². The molecule has 0 bridgehead atoms. The van der Waals surface area contributed by atoms with Crippen LogP contribution in [0.1, 0.15) is 5.56 Å². The van der Waals surface area contributed by atoms with Crippen LogP contribution in [0.5, 0.6) is 0 Å². The molecule has 11 nitrogen and oxygen atoms in total. The van der Waals surface area contributed by atoms with Crippen molar-refractivity contribution in [1.82, 2.24) is 49.8 Å². The first-order valence-electron chi connectivity index (χ1n) is 19.0. The first-order chi connectivity index (χ1) is 29.6. The van der Waals surface area contributed by atoms with Gasteiger partial charge >= 0.3 is 0 Å². The minimum absolute atomic E-state index is 0.512. The summed E-state index contributed by atoms with van der Waals surface area (Å²) in [6, 6.07) is 44.0. The van der Waals surface area contributed by atoms with E-state index in [0.717, 1.165) is 66.4 Å². The Morgan fingerprint density at radius 2 is 0.683 bits per heavy atom. The van der Waals surface area contributed by atoms with Gasteiger partial charge in [0.05, 0.1) is 11.6 Å². The lowest BCUT2D eigenvalue weighted by Gasteiger charge is -2.11. The molecule has 0 aliphatic heterocycles. The standard InChI is InChI=1S/C49H29N11/c50-26-42-24-36-18-17-35(31-9-13-33(14-10-31)44-55-46(37-5-1-19-51-27-37)59-47(56-44)38-6-2-20-52-28-38)23-41(36)25-43(42)32-11-15-34(16-12-32)45-57-48(39-7-3-21-53-29-39)60-49(58-45)40-8-4-22-54-30-40/h1-25,27-30H. The van der Waals surface area contributed by atoms with Gasteiger partial charge in [0.1, 0.15) is 0 Å². The first-order valence-corrected chi connectivity index (χ1v) is 19.0. The van der Waals surface area contributed by atoms with Crippen molar-refractivity contribution < 1.29 is 0 Å². The van der Waals surface area contributed by atoms with E-state index in [-0.39, 0.29) is 0 Å². The Hall–Kier alpha value is -8.75. The average Bonchev–Trinajstić information content (AvgIpc) is 3.34. The second kappa shape index (κ2) is 15.7. The van der Waals surface area contributed by atoms with Gasteiger partial charge in [-0.25, -0.2) is 29.9 Å². The summed E-state index contributed by atoms with van der Waals surface area (Å²) in [5.74, 6) is 3.15. The molecule has 10 rings (SSSR count). The van der Waals surface area contributed by atoms with Gasteiger partial charge in [-0.2, -0.15) is 5.26 Å². The molecule has 0 saturated carbocycles. The van der Waals surface area contributed by atoms with Crippen LogP contribution in [0.4, 0.5) is 0 Å². The second-order valence-corrected chi connectivity index (χ2v) is 13.8. The summed E-state index contributed by atoms with van der Waals surface area (Å²) >= 11 is 0. The second-order valence-electron chi connectivity index (χ2n) is 13.8. The van der Waals surface area contributed by atoms with Crippen LogP contribution in [0, 0.1) is 11.3 Å². The van der Waals surface area contributed by atoms with Crippen LogP contribution in [-0.4, -0.2) is 49.8 Å². The van der Waals surface area contributed by atoms with Gasteiger partial charge in [-0.15, -0.1) is 0 Å². The molecule has 0 spiro atoms. The normalized spacial score (nSPS) is 11.0. The number of fused-ring (bicyclic) bond motifs is 1. The number of nitriles is 1. The smallest absolute Gasteiger partial charge is 0.165 e. The molecule has 0 aliphatic carbocycles. The lowest BCUT2D eigenvalue weighted by atomic mass is 9.93. The van der Waals surface area contributed by atoms with Gasteiger partial charge in [0, 0.05) is 88.5 Å². The molecule has 0 N–H and O–H groups in total. The van der Waals surface area contributed by atoms with Gasteiger partial charge < -0.3 is 0 Å². The summed E-state index contributed by atoms with van der Waals surface area (Å²) < 4.78 is 0. The number of benzene rings is 4. The highest BCUT2D eigenvalue weighted by Crippen LogP contribution is 2.34. The van der Waals surface area contributed by atoms with E-state index in [1.54, 1.807) is 49.6 Å². The molecule has 0 unspecified atom stereocenters. The van der Waals surface area contributed by atoms with Gasteiger partial charge in [0.25, 0.3) is 0 Å².